The van der Waals surface area contributed by atoms with E-state index in [9.17, 15) is 4.79 Å². The molecule has 2 heterocycles. The number of aryl methyl sites for hydroxylation is 1. The predicted octanol–water partition coefficient (Wildman–Crippen LogP) is 3.51. The van der Waals surface area contributed by atoms with Crippen molar-refractivity contribution in [2.45, 2.75) is 42.3 Å². The maximum atomic E-state index is 11.0. The number of fused-ring (bicyclic) bond motifs is 1. The Morgan fingerprint density at radius 2 is 2.14 bits per heavy atom. The van der Waals surface area contributed by atoms with Crippen LogP contribution >= 0.6 is 23.4 Å². The molecular weight excluding hydrogens is 310 g/mol. The van der Waals surface area contributed by atoms with E-state index in [1.54, 1.807) is 12.1 Å². The lowest BCUT2D eigenvalue weighted by atomic mass is 10.2. The van der Waals surface area contributed by atoms with Gasteiger partial charge in [-0.2, -0.15) is 0 Å². The molecule has 0 unspecified atom stereocenters. The van der Waals surface area contributed by atoms with Crippen molar-refractivity contribution in [1.82, 2.24) is 14.8 Å². The average molecular weight is 324 g/mol. The maximum absolute atomic E-state index is 11.0. The van der Waals surface area contributed by atoms with E-state index in [4.69, 9.17) is 16.7 Å². The molecule has 21 heavy (non-hydrogen) atoms. The van der Waals surface area contributed by atoms with Gasteiger partial charge in [0, 0.05) is 17.9 Å². The maximum Gasteiger partial charge on any atom is 0.337 e. The van der Waals surface area contributed by atoms with E-state index < -0.39 is 5.97 Å². The van der Waals surface area contributed by atoms with Gasteiger partial charge in [0.25, 0.3) is 0 Å². The first-order valence-electron chi connectivity index (χ1n) is 6.78. The van der Waals surface area contributed by atoms with Crippen LogP contribution in [0, 0.1) is 0 Å². The molecule has 0 atom stereocenters. The molecule has 3 rings (SSSR count). The van der Waals surface area contributed by atoms with Gasteiger partial charge in [0.2, 0.25) is 0 Å². The summed E-state index contributed by atoms with van der Waals surface area (Å²) in [6, 6.07) is 4.93. The minimum Gasteiger partial charge on any atom is -0.478 e. The van der Waals surface area contributed by atoms with Gasteiger partial charge >= 0.3 is 5.97 Å². The highest BCUT2D eigenvalue weighted by atomic mass is 35.5. The lowest BCUT2D eigenvalue weighted by Gasteiger charge is -2.07. The number of aromatic nitrogens is 3. The van der Waals surface area contributed by atoms with Crippen LogP contribution in [0.15, 0.2) is 28.3 Å². The molecule has 1 aliphatic rings. The Kier molecular flexibility index (Phi) is 4.17. The van der Waals surface area contributed by atoms with Crippen molar-refractivity contribution in [3.63, 3.8) is 0 Å². The van der Waals surface area contributed by atoms with Crippen molar-refractivity contribution in [1.29, 1.82) is 0 Å². The number of carbonyl (C=O) groups is 1. The standard InChI is InChI=1S/C14H14ClN3O2S/c15-11-8-9(5-6-10(11)13(19)20)21-14-17-16-12-4-2-1-3-7-18(12)14/h5-6,8H,1-4,7H2,(H,19,20). The number of nitrogens with zero attached hydrogens (tertiary/aromatic N) is 3. The number of carboxylic acids is 1. The van der Waals surface area contributed by atoms with Gasteiger partial charge in [0.15, 0.2) is 5.16 Å². The summed E-state index contributed by atoms with van der Waals surface area (Å²) in [5.41, 5.74) is 0.112. The van der Waals surface area contributed by atoms with Gasteiger partial charge < -0.3 is 9.67 Å². The molecule has 0 amide bonds. The summed E-state index contributed by atoms with van der Waals surface area (Å²) in [7, 11) is 0. The van der Waals surface area contributed by atoms with Gasteiger partial charge in [0.05, 0.1) is 10.6 Å². The molecule has 1 aliphatic heterocycles. The monoisotopic (exact) mass is 323 g/mol. The zero-order valence-electron chi connectivity index (χ0n) is 11.3. The van der Waals surface area contributed by atoms with E-state index in [0.717, 1.165) is 41.7 Å². The van der Waals surface area contributed by atoms with E-state index in [1.165, 1.54) is 24.2 Å². The molecule has 1 aromatic heterocycles. The predicted molar refractivity (Wildman–Crippen MR) is 80.1 cm³/mol. The Morgan fingerprint density at radius 3 is 2.90 bits per heavy atom. The van der Waals surface area contributed by atoms with Gasteiger partial charge in [0.1, 0.15) is 5.82 Å². The van der Waals surface area contributed by atoms with Gasteiger partial charge in [-0.25, -0.2) is 4.79 Å². The van der Waals surface area contributed by atoms with Crippen LogP contribution < -0.4 is 0 Å². The third-order valence-electron chi connectivity index (χ3n) is 3.46. The highest BCUT2D eigenvalue weighted by Gasteiger charge is 2.16. The van der Waals surface area contributed by atoms with Crippen LogP contribution in [0.1, 0.15) is 35.4 Å². The fourth-order valence-corrected chi connectivity index (χ4v) is 3.61. The van der Waals surface area contributed by atoms with Crippen LogP contribution in [0.4, 0.5) is 0 Å². The summed E-state index contributed by atoms with van der Waals surface area (Å²) < 4.78 is 2.15. The minimum absolute atomic E-state index is 0.112. The minimum atomic E-state index is -1.02. The largest absolute Gasteiger partial charge is 0.478 e. The van der Waals surface area contributed by atoms with Crippen molar-refractivity contribution in [2.24, 2.45) is 0 Å². The van der Waals surface area contributed by atoms with E-state index in [-0.39, 0.29) is 10.6 Å². The molecule has 7 heteroatoms. The molecule has 0 saturated heterocycles. The van der Waals surface area contributed by atoms with Gasteiger partial charge in [-0.3, -0.25) is 0 Å². The Labute approximate surface area is 131 Å². The summed E-state index contributed by atoms with van der Waals surface area (Å²) in [6.45, 7) is 0.936. The molecule has 1 aromatic carbocycles. The van der Waals surface area contributed by atoms with E-state index in [2.05, 4.69) is 14.8 Å². The second kappa shape index (κ2) is 6.07. The normalized spacial score (nSPS) is 14.5. The number of rotatable bonds is 3. The molecule has 1 N–H and O–H groups in total. The first kappa shape index (κ1) is 14.4. The number of aromatic carboxylic acids is 1. The van der Waals surface area contributed by atoms with Crippen molar-refractivity contribution < 1.29 is 9.90 Å². The average Bonchev–Trinajstić information content (AvgIpc) is 2.68. The van der Waals surface area contributed by atoms with Crippen molar-refractivity contribution in [3.8, 4) is 0 Å². The number of benzene rings is 1. The molecule has 0 radical (unpaired) electrons. The number of hydrogen-bond acceptors (Lipinski definition) is 4. The van der Waals surface area contributed by atoms with Crippen LogP contribution in [0.3, 0.4) is 0 Å². The Morgan fingerprint density at radius 1 is 1.29 bits per heavy atom. The van der Waals surface area contributed by atoms with Crippen LogP contribution in [0.25, 0.3) is 0 Å². The molecule has 0 saturated carbocycles. The zero-order valence-corrected chi connectivity index (χ0v) is 12.8. The highest BCUT2D eigenvalue weighted by molar-refractivity contribution is 7.99. The molecule has 110 valence electrons. The van der Waals surface area contributed by atoms with Crippen LogP contribution in [0.5, 0.6) is 0 Å². The molecule has 0 spiro atoms. The molecule has 0 fully saturated rings. The summed E-state index contributed by atoms with van der Waals surface area (Å²) in [4.78, 5) is 11.8. The van der Waals surface area contributed by atoms with Crippen molar-refractivity contribution in [2.75, 3.05) is 0 Å². The lowest BCUT2D eigenvalue weighted by molar-refractivity contribution is 0.0697. The summed E-state index contributed by atoms with van der Waals surface area (Å²) >= 11 is 7.46. The van der Waals surface area contributed by atoms with E-state index in [0.29, 0.717) is 0 Å². The van der Waals surface area contributed by atoms with E-state index in [1.807, 2.05) is 0 Å². The van der Waals surface area contributed by atoms with Gasteiger partial charge in [-0.05, 0) is 42.8 Å². The lowest BCUT2D eigenvalue weighted by Crippen LogP contribution is -2.02. The van der Waals surface area contributed by atoms with Crippen LogP contribution in [0.2, 0.25) is 5.02 Å². The number of carboxylic acid groups (broad SMARTS) is 1. The van der Waals surface area contributed by atoms with Gasteiger partial charge in [-0.15, -0.1) is 10.2 Å². The SMILES string of the molecule is O=C(O)c1ccc(Sc2nnc3n2CCCCC3)cc1Cl. The first-order valence-corrected chi connectivity index (χ1v) is 7.97. The summed E-state index contributed by atoms with van der Waals surface area (Å²) in [5, 5.41) is 18.5. The topological polar surface area (TPSA) is 68.0 Å². The summed E-state index contributed by atoms with van der Waals surface area (Å²) in [5.74, 6) is 0.0103. The fourth-order valence-electron chi connectivity index (χ4n) is 2.37. The fraction of sp³-hybridized carbons (Fsp3) is 0.357. The number of hydrogen-bond donors (Lipinski definition) is 1. The second-order valence-corrected chi connectivity index (χ2v) is 6.36. The smallest absolute Gasteiger partial charge is 0.337 e. The zero-order chi connectivity index (χ0) is 14.8. The van der Waals surface area contributed by atoms with Crippen molar-refractivity contribution >= 4 is 29.3 Å². The first-order chi connectivity index (χ1) is 10.1. The molecule has 2 aromatic rings. The third kappa shape index (κ3) is 3.06. The molecule has 0 aliphatic carbocycles. The van der Waals surface area contributed by atoms with Gasteiger partial charge in [-0.1, -0.05) is 18.0 Å². The van der Waals surface area contributed by atoms with Crippen LogP contribution in [-0.4, -0.2) is 25.8 Å². The molecule has 5 nitrogen and oxygen atoms in total. The Hall–Kier alpha value is -1.53. The van der Waals surface area contributed by atoms with Crippen molar-refractivity contribution in [3.05, 3.63) is 34.6 Å². The molecule has 0 bridgehead atoms. The molecular formula is C14H14ClN3O2S. The second-order valence-electron chi connectivity index (χ2n) is 4.91. The highest BCUT2D eigenvalue weighted by Crippen LogP contribution is 2.31. The quantitative estimate of drug-likeness (QED) is 0.936. The van der Waals surface area contributed by atoms with E-state index >= 15 is 0 Å². The summed E-state index contributed by atoms with van der Waals surface area (Å²) in [6.07, 6.45) is 4.47. The third-order valence-corrected chi connectivity index (χ3v) is 4.74. The Balaban J connectivity index is 1.86. The number of halogens is 1. The Bertz CT molecular complexity index is 687. The van der Waals surface area contributed by atoms with Crippen LogP contribution in [-0.2, 0) is 13.0 Å².